The second-order valence-electron chi connectivity index (χ2n) is 10.3. The van der Waals surface area contributed by atoms with Gasteiger partial charge in [0.25, 0.3) is 5.91 Å². The SMILES string of the molecule is CC1CC(C)CN(S(=O)(=O)c2ccc3c(c2)c(=O)c(C(=O)NC(C)CCc2ccccc2)cn3C)C1. The summed E-state index contributed by atoms with van der Waals surface area (Å²) in [7, 11) is -2.00. The summed E-state index contributed by atoms with van der Waals surface area (Å²) in [6.07, 6.45) is 4.06. The number of aromatic nitrogens is 1. The summed E-state index contributed by atoms with van der Waals surface area (Å²) >= 11 is 0. The fourth-order valence-corrected chi connectivity index (χ4v) is 6.85. The van der Waals surface area contributed by atoms with Gasteiger partial charge in [-0.25, -0.2) is 8.42 Å². The largest absolute Gasteiger partial charge is 0.350 e. The lowest BCUT2D eigenvalue weighted by Gasteiger charge is -2.34. The number of amides is 1. The monoisotopic (exact) mass is 509 g/mol. The van der Waals surface area contributed by atoms with E-state index in [1.807, 2.05) is 37.3 Å². The van der Waals surface area contributed by atoms with Crippen molar-refractivity contribution in [3.05, 3.63) is 76.1 Å². The number of carbonyl (C=O) groups is 1. The Bertz CT molecular complexity index is 1410. The molecular formula is C28H35N3O4S. The second kappa shape index (κ2) is 10.6. The van der Waals surface area contributed by atoms with Gasteiger partial charge in [0.05, 0.1) is 10.4 Å². The Morgan fingerprint density at radius 1 is 1.08 bits per heavy atom. The molecule has 4 rings (SSSR count). The van der Waals surface area contributed by atoms with Crippen molar-refractivity contribution in [3.8, 4) is 0 Å². The zero-order valence-corrected chi connectivity index (χ0v) is 22.2. The maximum atomic E-state index is 13.4. The van der Waals surface area contributed by atoms with Gasteiger partial charge in [-0.1, -0.05) is 44.2 Å². The number of rotatable bonds is 7. The number of fused-ring (bicyclic) bond motifs is 1. The molecular weight excluding hydrogens is 474 g/mol. The zero-order chi connectivity index (χ0) is 26.0. The Hall–Kier alpha value is -2.97. The predicted molar refractivity (Wildman–Crippen MR) is 143 cm³/mol. The summed E-state index contributed by atoms with van der Waals surface area (Å²) in [5.74, 6) is 0.0945. The maximum Gasteiger partial charge on any atom is 0.256 e. The summed E-state index contributed by atoms with van der Waals surface area (Å²) in [5, 5.41) is 3.15. The number of hydrogen-bond donors (Lipinski definition) is 1. The van der Waals surface area contributed by atoms with E-state index in [9.17, 15) is 18.0 Å². The average molecular weight is 510 g/mol. The third-order valence-electron chi connectivity index (χ3n) is 6.96. The van der Waals surface area contributed by atoms with Crippen LogP contribution in [0.15, 0.2) is 64.4 Å². The molecule has 0 saturated carbocycles. The van der Waals surface area contributed by atoms with Crippen LogP contribution in [-0.4, -0.2) is 42.3 Å². The second-order valence-corrected chi connectivity index (χ2v) is 12.3. The summed E-state index contributed by atoms with van der Waals surface area (Å²) in [6.45, 7) is 6.95. The number of nitrogens with zero attached hydrogens (tertiary/aromatic N) is 2. The fourth-order valence-electron chi connectivity index (χ4n) is 5.15. The highest BCUT2D eigenvalue weighted by Gasteiger charge is 2.32. The summed E-state index contributed by atoms with van der Waals surface area (Å²) < 4.78 is 30.0. The first-order valence-corrected chi connectivity index (χ1v) is 14.0. The molecule has 3 aromatic rings. The van der Waals surface area contributed by atoms with Gasteiger partial charge in [-0.05, 0) is 61.8 Å². The van der Waals surface area contributed by atoms with E-state index in [2.05, 4.69) is 19.2 Å². The van der Waals surface area contributed by atoms with Crippen molar-refractivity contribution in [2.75, 3.05) is 13.1 Å². The van der Waals surface area contributed by atoms with Gasteiger partial charge in [0.15, 0.2) is 0 Å². The van der Waals surface area contributed by atoms with Crippen LogP contribution in [-0.2, 0) is 23.5 Å². The van der Waals surface area contributed by atoms with Crippen molar-refractivity contribution in [3.63, 3.8) is 0 Å². The molecule has 36 heavy (non-hydrogen) atoms. The molecule has 1 fully saturated rings. The molecule has 1 aromatic heterocycles. The van der Waals surface area contributed by atoms with E-state index in [0.717, 1.165) is 19.3 Å². The molecule has 8 heteroatoms. The number of hydrogen-bond acceptors (Lipinski definition) is 4. The molecule has 0 aliphatic carbocycles. The minimum atomic E-state index is -3.75. The van der Waals surface area contributed by atoms with E-state index in [1.54, 1.807) is 23.7 Å². The van der Waals surface area contributed by atoms with E-state index in [0.29, 0.717) is 18.6 Å². The zero-order valence-electron chi connectivity index (χ0n) is 21.4. The van der Waals surface area contributed by atoms with Crippen LogP contribution in [0.25, 0.3) is 10.9 Å². The lowest BCUT2D eigenvalue weighted by atomic mass is 9.94. The third kappa shape index (κ3) is 5.55. The lowest BCUT2D eigenvalue weighted by Crippen LogP contribution is -2.42. The molecule has 0 bridgehead atoms. The van der Waals surface area contributed by atoms with Crippen molar-refractivity contribution >= 4 is 26.8 Å². The van der Waals surface area contributed by atoms with Crippen LogP contribution in [0.3, 0.4) is 0 Å². The quantitative estimate of drug-likeness (QED) is 0.522. The molecule has 2 heterocycles. The molecule has 1 N–H and O–H groups in total. The van der Waals surface area contributed by atoms with E-state index < -0.39 is 21.4 Å². The van der Waals surface area contributed by atoms with Gasteiger partial charge in [0.2, 0.25) is 15.5 Å². The van der Waals surface area contributed by atoms with Gasteiger partial charge in [-0.3, -0.25) is 9.59 Å². The summed E-state index contributed by atoms with van der Waals surface area (Å²) in [6, 6.07) is 14.5. The van der Waals surface area contributed by atoms with Gasteiger partial charge in [0, 0.05) is 37.8 Å². The molecule has 1 aliphatic rings. The van der Waals surface area contributed by atoms with Crippen molar-refractivity contribution in [2.24, 2.45) is 18.9 Å². The highest BCUT2D eigenvalue weighted by molar-refractivity contribution is 7.89. The Labute approximate surface area is 213 Å². The van der Waals surface area contributed by atoms with Gasteiger partial charge in [0.1, 0.15) is 5.56 Å². The first kappa shape index (κ1) is 26.1. The number of benzene rings is 2. The topological polar surface area (TPSA) is 88.5 Å². The van der Waals surface area contributed by atoms with Crippen molar-refractivity contribution in [1.29, 1.82) is 0 Å². The van der Waals surface area contributed by atoms with Crippen LogP contribution in [0, 0.1) is 11.8 Å². The number of sulfonamides is 1. The molecule has 1 saturated heterocycles. The molecule has 0 spiro atoms. The number of nitrogens with one attached hydrogen (secondary N) is 1. The number of pyridine rings is 1. The molecule has 3 unspecified atom stereocenters. The van der Waals surface area contributed by atoms with E-state index >= 15 is 0 Å². The molecule has 1 amide bonds. The Morgan fingerprint density at radius 3 is 2.42 bits per heavy atom. The molecule has 2 aromatic carbocycles. The fraction of sp³-hybridized carbons (Fsp3) is 0.429. The maximum absolute atomic E-state index is 13.4. The van der Waals surface area contributed by atoms with E-state index in [4.69, 9.17) is 0 Å². The predicted octanol–water partition coefficient (Wildman–Crippen LogP) is 3.96. The van der Waals surface area contributed by atoms with Crippen LogP contribution in [0.2, 0.25) is 0 Å². The van der Waals surface area contributed by atoms with Gasteiger partial charge < -0.3 is 9.88 Å². The highest BCUT2D eigenvalue weighted by Crippen LogP contribution is 2.28. The minimum Gasteiger partial charge on any atom is -0.350 e. The third-order valence-corrected chi connectivity index (χ3v) is 8.79. The summed E-state index contributed by atoms with van der Waals surface area (Å²) in [4.78, 5) is 26.5. The van der Waals surface area contributed by atoms with E-state index in [1.165, 1.54) is 22.1 Å². The average Bonchev–Trinajstić information content (AvgIpc) is 2.84. The normalized spacial score (nSPS) is 19.8. The first-order chi connectivity index (χ1) is 17.1. The standard InChI is InChI=1S/C28H35N3O4S/c1-19-14-20(2)17-31(16-19)36(34,35)23-12-13-26-24(15-23)27(32)25(18-30(26)4)28(33)29-21(3)10-11-22-8-6-5-7-9-22/h5-9,12-13,15,18-21H,10-11,14,16-17H2,1-4H3,(H,29,33). The van der Waals surface area contributed by atoms with Crippen LogP contribution in [0.1, 0.15) is 49.5 Å². The number of piperidine rings is 1. The molecule has 192 valence electrons. The highest BCUT2D eigenvalue weighted by atomic mass is 32.2. The smallest absolute Gasteiger partial charge is 0.256 e. The number of aryl methyl sites for hydroxylation is 2. The van der Waals surface area contributed by atoms with Crippen LogP contribution >= 0.6 is 0 Å². The summed E-state index contributed by atoms with van der Waals surface area (Å²) in [5.41, 5.74) is 1.30. The van der Waals surface area contributed by atoms with Crippen LogP contribution in [0.4, 0.5) is 0 Å². The first-order valence-electron chi connectivity index (χ1n) is 12.5. The Kier molecular flexibility index (Phi) is 7.66. The lowest BCUT2D eigenvalue weighted by molar-refractivity contribution is 0.0937. The van der Waals surface area contributed by atoms with Gasteiger partial charge in [-0.15, -0.1) is 0 Å². The molecule has 0 radical (unpaired) electrons. The molecule has 7 nitrogen and oxygen atoms in total. The molecule has 1 aliphatic heterocycles. The van der Waals surface area contributed by atoms with Gasteiger partial charge >= 0.3 is 0 Å². The van der Waals surface area contributed by atoms with Crippen molar-refractivity contribution in [1.82, 2.24) is 14.2 Å². The minimum absolute atomic E-state index is 0.00586. The number of carbonyl (C=O) groups excluding carboxylic acids is 1. The Morgan fingerprint density at radius 2 is 1.75 bits per heavy atom. The molecule has 3 atom stereocenters. The van der Waals surface area contributed by atoms with Crippen molar-refractivity contribution < 1.29 is 13.2 Å². The van der Waals surface area contributed by atoms with Crippen LogP contribution in [0.5, 0.6) is 0 Å². The Balaban J connectivity index is 1.59. The van der Waals surface area contributed by atoms with Crippen LogP contribution < -0.4 is 10.7 Å². The van der Waals surface area contributed by atoms with Crippen molar-refractivity contribution in [2.45, 2.75) is 51.0 Å². The van der Waals surface area contributed by atoms with E-state index in [-0.39, 0.29) is 33.7 Å². The van der Waals surface area contributed by atoms with Gasteiger partial charge in [-0.2, -0.15) is 4.31 Å².